The van der Waals surface area contributed by atoms with Gasteiger partial charge >= 0.3 is 0 Å². The highest BCUT2D eigenvalue weighted by Gasteiger charge is 2.14. The molecule has 0 radical (unpaired) electrons. The summed E-state index contributed by atoms with van der Waals surface area (Å²) in [6.07, 6.45) is 0.154. The molecule has 2 aromatic carbocycles. The van der Waals surface area contributed by atoms with Gasteiger partial charge in [0.1, 0.15) is 11.6 Å². The van der Waals surface area contributed by atoms with E-state index in [4.69, 9.17) is 4.74 Å². The van der Waals surface area contributed by atoms with Crippen molar-refractivity contribution in [3.8, 4) is 5.75 Å². The van der Waals surface area contributed by atoms with Crippen molar-refractivity contribution < 1.29 is 27.5 Å². The first-order valence-corrected chi connectivity index (χ1v) is 7.11. The van der Waals surface area contributed by atoms with Crippen LogP contribution in [0, 0.1) is 17.5 Å². The number of anilines is 1. The first kappa shape index (κ1) is 17.5. The molecule has 0 spiro atoms. The zero-order chi connectivity index (χ0) is 17.7. The Labute approximate surface area is 136 Å². The fourth-order valence-electron chi connectivity index (χ4n) is 1.95. The Morgan fingerprint density at radius 1 is 1.04 bits per heavy atom. The van der Waals surface area contributed by atoms with Gasteiger partial charge in [-0.25, -0.2) is 13.2 Å². The molecule has 0 fully saturated rings. The molecule has 0 aliphatic heterocycles. The summed E-state index contributed by atoms with van der Waals surface area (Å²) < 4.78 is 44.4. The molecule has 0 bridgehead atoms. The standard InChI is InChI=1S/C17H14F3NO3/c1-2-15(22)12-7-10(18)3-6-16(12)24-9-17(23)21-11-4-5-13(19)14(20)8-11/h3-8H,2,9H2,1H3,(H,21,23). The topological polar surface area (TPSA) is 55.4 Å². The van der Waals surface area contributed by atoms with E-state index in [-0.39, 0.29) is 29.2 Å². The van der Waals surface area contributed by atoms with Crippen LogP contribution in [0.1, 0.15) is 23.7 Å². The molecule has 0 atom stereocenters. The summed E-state index contributed by atoms with van der Waals surface area (Å²) in [5.41, 5.74) is 0.101. The molecule has 0 aliphatic rings. The van der Waals surface area contributed by atoms with Crippen molar-refractivity contribution >= 4 is 17.4 Å². The molecule has 0 heterocycles. The van der Waals surface area contributed by atoms with E-state index in [1.165, 1.54) is 12.1 Å². The van der Waals surface area contributed by atoms with Crippen LogP contribution in [-0.4, -0.2) is 18.3 Å². The molecule has 4 nitrogen and oxygen atoms in total. The largest absolute Gasteiger partial charge is 0.483 e. The number of ether oxygens (including phenoxy) is 1. The van der Waals surface area contributed by atoms with E-state index < -0.39 is 30.0 Å². The first-order chi connectivity index (χ1) is 11.4. The summed E-state index contributed by atoms with van der Waals surface area (Å²) in [4.78, 5) is 23.6. The summed E-state index contributed by atoms with van der Waals surface area (Å²) in [5, 5.41) is 2.32. The van der Waals surface area contributed by atoms with Crippen LogP contribution in [0.25, 0.3) is 0 Å². The highest BCUT2D eigenvalue weighted by atomic mass is 19.2. The molecule has 2 rings (SSSR count). The van der Waals surface area contributed by atoms with Gasteiger partial charge in [-0.3, -0.25) is 9.59 Å². The highest BCUT2D eigenvalue weighted by molar-refractivity contribution is 5.98. The normalized spacial score (nSPS) is 10.3. The van der Waals surface area contributed by atoms with Crippen molar-refractivity contribution in [1.82, 2.24) is 0 Å². The van der Waals surface area contributed by atoms with Crippen LogP contribution in [0.5, 0.6) is 5.75 Å². The SMILES string of the molecule is CCC(=O)c1cc(F)ccc1OCC(=O)Nc1ccc(F)c(F)c1. The van der Waals surface area contributed by atoms with E-state index in [1.807, 2.05) is 0 Å². The zero-order valence-electron chi connectivity index (χ0n) is 12.7. The molecule has 1 amide bonds. The number of rotatable bonds is 6. The minimum atomic E-state index is -1.09. The number of amides is 1. The van der Waals surface area contributed by atoms with Crippen molar-refractivity contribution in [1.29, 1.82) is 0 Å². The number of Topliss-reactive ketones (excluding diaryl/α,β-unsaturated/α-hetero) is 1. The average Bonchev–Trinajstić information content (AvgIpc) is 2.56. The molecule has 1 N–H and O–H groups in total. The van der Waals surface area contributed by atoms with Gasteiger partial charge in [-0.05, 0) is 30.3 Å². The minimum absolute atomic E-state index is 0.0399. The monoisotopic (exact) mass is 337 g/mol. The minimum Gasteiger partial charge on any atom is -0.483 e. The van der Waals surface area contributed by atoms with Gasteiger partial charge in [-0.15, -0.1) is 0 Å². The molecule has 0 aromatic heterocycles. The van der Waals surface area contributed by atoms with Gasteiger partial charge in [0.15, 0.2) is 24.0 Å². The Morgan fingerprint density at radius 2 is 1.79 bits per heavy atom. The lowest BCUT2D eigenvalue weighted by Gasteiger charge is -2.11. The number of ketones is 1. The van der Waals surface area contributed by atoms with Gasteiger partial charge in [0.2, 0.25) is 0 Å². The van der Waals surface area contributed by atoms with Gasteiger partial charge < -0.3 is 10.1 Å². The van der Waals surface area contributed by atoms with E-state index in [9.17, 15) is 22.8 Å². The molecule has 126 valence electrons. The second-order valence-corrected chi connectivity index (χ2v) is 4.88. The van der Waals surface area contributed by atoms with Crippen LogP contribution in [0.15, 0.2) is 36.4 Å². The van der Waals surface area contributed by atoms with Gasteiger partial charge in [0, 0.05) is 18.2 Å². The van der Waals surface area contributed by atoms with E-state index in [2.05, 4.69) is 5.32 Å². The van der Waals surface area contributed by atoms with Crippen molar-refractivity contribution in [3.05, 3.63) is 59.4 Å². The Kier molecular flexibility index (Phi) is 5.57. The molecule has 24 heavy (non-hydrogen) atoms. The maximum absolute atomic E-state index is 13.2. The van der Waals surface area contributed by atoms with Crippen LogP contribution < -0.4 is 10.1 Å². The van der Waals surface area contributed by atoms with E-state index in [0.29, 0.717) is 0 Å². The summed E-state index contributed by atoms with van der Waals surface area (Å²) in [7, 11) is 0. The lowest BCUT2D eigenvalue weighted by molar-refractivity contribution is -0.118. The number of halogens is 3. The number of hydrogen-bond acceptors (Lipinski definition) is 3. The van der Waals surface area contributed by atoms with E-state index in [1.54, 1.807) is 6.92 Å². The number of carbonyl (C=O) groups is 2. The third kappa shape index (κ3) is 4.34. The first-order valence-electron chi connectivity index (χ1n) is 7.11. The smallest absolute Gasteiger partial charge is 0.262 e. The van der Waals surface area contributed by atoms with Gasteiger partial charge in [-0.2, -0.15) is 0 Å². The molecule has 0 aliphatic carbocycles. The molecule has 7 heteroatoms. The molecular formula is C17H14F3NO3. The number of benzene rings is 2. The molecule has 2 aromatic rings. The maximum Gasteiger partial charge on any atom is 0.262 e. The predicted octanol–water partition coefficient (Wildman–Crippen LogP) is 3.71. The summed E-state index contributed by atoms with van der Waals surface area (Å²) in [5.74, 6) is -3.61. The van der Waals surface area contributed by atoms with Crippen LogP contribution in [0.3, 0.4) is 0 Å². The van der Waals surface area contributed by atoms with Crippen LogP contribution in [0.2, 0.25) is 0 Å². The van der Waals surface area contributed by atoms with Crippen molar-refractivity contribution in [3.63, 3.8) is 0 Å². The van der Waals surface area contributed by atoms with Crippen LogP contribution in [-0.2, 0) is 4.79 Å². The number of carbonyl (C=O) groups excluding carboxylic acids is 2. The Bertz CT molecular complexity index is 778. The van der Waals surface area contributed by atoms with Crippen molar-refractivity contribution in [2.45, 2.75) is 13.3 Å². The third-order valence-corrected chi connectivity index (χ3v) is 3.13. The lowest BCUT2D eigenvalue weighted by atomic mass is 10.1. The molecule has 0 saturated heterocycles. The fourth-order valence-corrected chi connectivity index (χ4v) is 1.95. The summed E-state index contributed by atoms with van der Waals surface area (Å²) in [6, 6.07) is 6.30. The van der Waals surface area contributed by atoms with Crippen LogP contribution in [0.4, 0.5) is 18.9 Å². The third-order valence-electron chi connectivity index (χ3n) is 3.13. The Hall–Kier alpha value is -2.83. The van der Waals surface area contributed by atoms with Crippen molar-refractivity contribution in [2.24, 2.45) is 0 Å². The molecular weight excluding hydrogens is 323 g/mol. The average molecular weight is 337 g/mol. The summed E-state index contributed by atoms with van der Waals surface area (Å²) >= 11 is 0. The van der Waals surface area contributed by atoms with Crippen LogP contribution >= 0.6 is 0 Å². The zero-order valence-corrected chi connectivity index (χ0v) is 12.7. The lowest BCUT2D eigenvalue weighted by Crippen LogP contribution is -2.21. The van der Waals surface area contributed by atoms with E-state index >= 15 is 0 Å². The molecule has 0 saturated carbocycles. The van der Waals surface area contributed by atoms with Gasteiger partial charge in [0.25, 0.3) is 5.91 Å². The second kappa shape index (κ2) is 7.63. The van der Waals surface area contributed by atoms with Gasteiger partial charge in [0.05, 0.1) is 5.56 Å². The fraction of sp³-hybridized carbons (Fsp3) is 0.176. The molecule has 0 unspecified atom stereocenters. The Morgan fingerprint density at radius 3 is 2.46 bits per heavy atom. The predicted molar refractivity (Wildman–Crippen MR) is 81.5 cm³/mol. The van der Waals surface area contributed by atoms with Crippen molar-refractivity contribution in [2.75, 3.05) is 11.9 Å². The quantitative estimate of drug-likeness (QED) is 0.818. The number of nitrogens with one attached hydrogen (secondary N) is 1. The highest BCUT2D eigenvalue weighted by Crippen LogP contribution is 2.21. The second-order valence-electron chi connectivity index (χ2n) is 4.88. The maximum atomic E-state index is 13.2. The van der Waals surface area contributed by atoms with E-state index in [0.717, 1.165) is 24.3 Å². The number of hydrogen-bond donors (Lipinski definition) is 1. The van der Waals surface area contributed by atoms with Gasteiger partial charge in [-0.1, -0.05) is 6.92 Å². The Balaban J connectivity index is 2.03. The summed E-state index contributed by atoms with van der Waals surface area (Å²) in [6.45, 7) is 1.14.